The molecule has 0 saturated carbocycles. The van der Waals surface area contributed by atoms with Crippen LogP contribution in [0.2, 0.25) is 0 Å². The fraction of sp³-hybridized carbons (Fsp3) is 0.125. The summed E-state index contributed by atoms with van der Waals surface area (Å²) in [5.41, 5.74) is 3.46. The lowest BCUT2D eigenvalue weighted by Gasteiger charge is -2.21. The Kier molecular flexibility index (Phi) is 4.15. The fourth-order valence-corrected chi connectivity index (χ4v) is 1.98. The summed E-state index contributed by atoms with van der Waals surface area (Å²) in [6.45, 7) is 4.48. The van der Waals surface area contributed by atoms with Gasteiger partial charge in [0.1, 0.15) is 0 Å². The molecular weight excluding hydrogens is 220 g/mol. The molecule has 0 aliphatic carbocycles. The minimum Gasteiger partial charge on any atom is -0.306 e. The Balaban J connectivity index is 2.18. The van der Waals surface area contributed by atoms with Crippen molar-refractivity contribution in [3.05, 3.63) is 78.4 Å². The van der Waals surface area contributed by atoms with E-state index in [1.807, 2.05) is 42.5 Å². The van der Waals surface area contributed by atoms with Crippen LogP contribution in [-0.2, 0) is 13.0 Å². The van der Waals surface area contributed by atoms with Crippen LogP contribution >= 0.6 is 0 Å². The second-order valence-electron chi connectivity index (χ2n) is 4.24. The molecule has 0 saturated heterocycles. The zero-order valence-corrected chi connectivity index (χ0v) is 10.4. The maximum Gasteiger partial charge on any atom is 0.0592 e. The molecule has 0 heterocycles. The first-order valence-electron chi connectivity index (χ1n) is 6.06. The summed E-state index contributed by atoms with van der Waals surface area (Å²) in [5.74, 6) is 6.16. The van der Waals surface area contributed by atoms with Gasteiger partial charge in [0.2, 0.25) is 0 Å². The van der Waals surface area contributed by atoms with Gasteiger partial charge in [-0.1, -0.05) is 54.6 Å². The van der Waals surface area contributed by atoms with Crippen molar-refractivity contribution >= 4 is 5.69 Å². The molecule has 0 aliphatic rings. The third-order valence-corrected chi connectivity index (χ3v) is 2.86. The monoisotopic (exact) mass is 238 g/mol. The average molecular weight is 238 g/mol. The van der Waals surface area contributed by atoms with Gasteiger partial charge in [0, 0.05) is 0 Å². The summed E-state index contributed by atoms with van der Waals surface area (Å²) in [5, 5.41) is 1.79. The Morgan fingerprint density at radius 2 is 1.67 bits per heavy atom. The number of allylic oxidation sites excluding steroid dienone is 1. The summed E-state index contributed by atoms with van der Waals surface area (Å²) >= 11 is 0. The minimum atomic E-state index is 0.703. The topological polar surface area (TPSA) is 29.3 Å². The van der Waals surface area contributed by atoms with E-state index in [4.69, 9.17) is 5.84 Å². The number of nitrogens with zero attached hydrogens (tertiary/aromatic N) is 1. The normalized spacial score (nSPS) is 10.1. The molecule has 0 unspecified atom stereocenters. The second-order valence-corrected chi connectivity index (χ2v) is 4.24. The summed E-state index contributed by atoms with van der Waals surface area (Å²) in [7, 11) is 0. The Morgan fingerprint density at radius 1 is 1.00 bits per heavy atom. The standard InChI is InChI=1S/C16H18N2/c1-2-8-15-11-6-7-12-16(15)18(17)13-14-9-4-3-5-10-14/h2-7,9-12H,1,8,13,17H2. The van der Waals surface area contributed by atoms with Crippen molar-refractivity contribution in [1.82, 2.24) is 0 Å². The van der Waals surface area contributed by atoms with Crippen LogP contribution in [0.1, 0.15) is 11.1 Å². The van der Waals surface area contributed by atoms with Gasteiger partial charge < -0.3 is 5.01 Å². The van der Waals surface area contributed by atoms with Crippen molar-refractivity contribution in [3.63, 3.8) is 0 Å². The SMILES string of the molecule is C=CCc1ccccc1N(N)Cc1ccccc1. The van der Waals surface area contributed by atoms with Gasteiger partial charge >= 0.3 is 0 Å². The van der Waals surface area contributed by atoms with Gasteiger partial charge in [0.15, 0.2) is 0 Å². The first kappa shape index (κ1) is 12.4. The molecule has 92 valence electrons. The average Bonchev–Trinajstić information content (AvgIpc) is 2.41. The lowest BCUT2D eigenvalue weighted by Crippen LogP contribution is -2.30. The van der Waals surface area contributed by atoms with E-state index in [-0.39, 0.29) is 0 Å². The van der Waals surface area contributed by atoms with Crippen molar-refractivity contribution < 1.29 is 0 Å². The molecular formula is C16H18N2. The first-order valence-corrected chi connectivity index (χ1v) is 6.06. The molecule has 2 heteroatoms. The van der Waals surface area contributed by atoms with Crippen molar-refractivity contribution in [2.75, 3.05) is 5.01 Å². The van der Waals surface area contributed by atoms with E-state index in [0.29, 0.717) is 6.54 Å². The molecule has 0 amide bonds. The van der Waals surface area contributed by atoms with Gasteiger partial charge in [-0.15, -0.1) is 6.58 Å². The van der Waals surface area contributed by atoms with Crippen molar-refractivity contribution in [3.8, 4) is 0 Å². The predicted molar refractivity (Wildman–Crippen MR) is 77.2 cm³/mol. The lowest BCUT2D eigenvalue weighted by molar-refractivity contribution is 0.846. The van der Waals surface area contributed by atoms with Crippen LogP contribution in [0.25, 0.3) is 0 Å². The molecule has 0 bridgehead atoms. The molecule has 2 N–H and O–H groups in total. The smallest absolute Gasteiger partial charge is 0.0592 e. The third kappa shape index (κ3) is 2.99. The summed E-state index contributed by atoms with van der Waals surface area (Å²) in [6.07, 6.45) is 2.73. The van der Waals surface area contributed by atoms with E-state index in [1.54, 1.807) is 5.01 Å². The number of hydrogen-bond acceptors (Lipinski definition) is 2. The zero-order chi connectivity index (χ0) is 12.8. The summed E-state index contributed by atoms with van der Waals surface area (Å²) in [4.78, 5) is 0. The van der Waals surface area contributed by atoms with Crippen LogP contribution in [0.4, 0.5) is 5.69 Å². The number of nitrogens with two attached hydrogens (primary N) is 1. The molecule has 0 spiro atoms. The molecule has 2 aromatic carbocycles. The number of para-hydroxylation sites is 1. The van der Waals surface area contributed by atoms with Crippen LogP contribution in [0.3, 0.4) is 0 Å². The summed E-state index contributed by atoms with van der Waals surface area (Å²) < 4.78 is 0. The zero-order valence-electron chi connectivity index (χ0n) is 10.4. The van der Waals surface area contributed by atoms with Crippen LogP contribution in [0.5, 0.6) is 0 Å². The third-order valence-electron chi connectivity index (χ3n) is 2.86. The molecule has 0 aromatic heterocycles. The molecule has 0 radical (unpaired) electrons. The number of benzene rings is 2. The predicted octanol–water partition coefficient (Wildman–Crippen LogP) is 3.30. The van der Waals surface area contributed by atoms with Crippen LogP contribution in [-0.4, -0.2) is 0 Å². The van der Waals surface area contributed by atoms with E-state index in [1.165, 1.54) is 11.1 Å². The molecule has 0 fully saturated rings. The van der Waals surface area contributed by atoms with E-state index in [9.17, 15) is 0 Å². The maximum atomic E-state index is 6.16. The quantitative estimate of drug-likeness (QED) is 0.492. The first-order chi connectivity index (χ1) is 8.81. The van der Waals surface area contributed by atoms with Crippen molar-refractivity contribution in [1.29, 1.82) is 0 Å². The van der Waals surface area contributed by atoms with Crippen molar-refractivity contribution in [2.24, 2.45) is 5.84 Å². The molecule has 2 aromatic rings. The lowest BCUT2D eigenvalue weighted by atomic mass is 10.1. The highest BCUT2D eigenvalue weighted by molar-refractivity contribution is 5.53. The van der Waals surface area contributed by atoms with E-state index in [0.717, 1.165) is 12.1 Å². The second kappa shape index (κ2) is 6.03. The Hall–Kier alpha value is -2.06. The Labute approximate surface area is 108 Å². The van der Waals surface area contributed by atoms with Gasteiger partial charge in [-0.25, -0.2) is 5.84 Å². The number of anilines is 1. The highest BCUT2D eigenvalue weighted by atomic mass is 15.4. The number of hydrogen-bond donors (Lipinski definition) is 1. The Bertz CT molecular complexity index is 506. The number of hydrazine groups is 1. The largest absolute Gasteiger partial charge is 0.306 e. The van der Waals surface area contributed by atoms with Crippen LogP contribution in [0.15, 0.2) is 67.3 Å². The van der Waals surface area contributed by atoms with Gasteiger partial charge in [-0.05, 0) is 23.6 Å². The molecule has 0 atom stereocenters. The maximum absolute atomic E-state index is 6.16. The molecule has 2 rings (SSSR count). The van der Waals surface area contributed by atoms with Crippen molar-refractivity contribution in [2.45, 2.75) is 13.0 Å². The van der Waals surface area contributed by atoms with Gasteiger partial charge in [-0.3, -0.25) is 0 Å². The van der Waals surface area contributed by atoms with Crippen LogP contribution < -0.4 is 10.9 Å². The van der Waals surface area contributed by atoms with Gasteiger partial charge in [-0.2, -0.15) is 0 Å². The van der Waals surface area contributed by atoms with Gasteiger partial charge in [0.05, 0.1) is 12.2 Å². The van der Waals surface area contributed by atoms with E-state index >= 15 is 0 Å². The highest BCUT2D eigenvalue weighted by Gasteiger charge is 2.06. The fourth-order valence-electron chi connectivity index (χ4n) is 1.98. The minimum absolute atomic E-state index is 0.703. The number of rotatable bonds is 5. The van der Waals surface area contributed by atoms with E-state index in [2.05, 4.69) is 24.8 Å². The Morgan fingerprint density at radius 3 is 2.39 bits per heavy atom. The molecule has 0 aliphatic heterocycles. The highest BCUT2D eigenvalue weighted by Crippen LogP contribution is 2.20. The van der Waals surface area contributed by atoms with E-state index < -0.39 is 0 Å². The summed E-state index contributed by atoms with van der Waals surface area (Å²) in [6, 6.07) is 18.4. The van der Waals surface area contributed by atoms with Gasteiger partial charge in [0.25, 0.3) is 0 Å². The van der Waals surface area contributed by atoms with Crippen LogP contribution in [0, 0.1) is 0 Å². The molecule has 2 nitrogen and oxygen atoms in total. The molecule has 18 heavy (non-hydrogen) atoms.